The molecule has 0 saturated heterocycles. The molecule has 3 rings (SSSR count). The van der Waals surface area contributed by atoms with Crippen LogP contribution in [0.4, 0.5) is 10.1 Å². The average molecular weight is 486 g/mol. The number of amides is 1. The summed E-state index contributed by atoms with van der Waals surface area (Å²) >= 11 is 3.42. The van der Waals surface area contributed by atoms with Crippen molar-refractivity contribution in [3.8, 4) is 5.75 Å². The molecular formula is C22H17BrFN3O4. The molecule has 9 heteroatoms. The van der Waals surface area contributed by atoms with Gasteiger partial charge in [-0.15, -0.1) is 0 Å². The number of nitrogens with one attached hydrogen (secondary N) is 1. The van der Waals surface area contributed by atoms with Gasteiger partial charge < -0.3 is 4.74 Å². The molecule has 0 saturated carbocycles. The standard InChI is InChI=1S/C22H17BrFN3O4/c23-19-11-16(7-10-21(19)31-14-15-5-8-18(24)9-6-15)13-25-26-22(28)12-17-3-1-2-4-20(17)27(29)30/h1-11,13H,12,14H2,(H,26,28)/b25-13+. The van der Waals surface area contributed by atoms with Gasteiger partial charge in [0.05, 0.1) is 22.0 Å². The van der Waals surface area contributed by atoms with E-state index in [-0.39, 0.29) is 24.5 Å². The van der Waals surface area contributed by atoms with Crippen molar-refractivity contribution in [3.05, 3.63) is 104 Å². The summed E-state index contributed by atoms with van der Waals surface area (Å²) in [5.41, 5.74) is 4.10. The summed E-state index contributed by atoms with van der Waals surface area (Å²) in [7, 11) is 0. The number of ether oxygens (including phenoxy) is 1. The van der Waals surface area contributed by atoms with Crippen LogP contribution in [0.25, 0.3) is 0 Å². The monoisotopic (exact) mass is 485 g/mol. The maximum atomic E-state index is 13.0. The predicted octanol–water partition coefficient (Wildman–Crippen LogP) is 4.77. The van der Waals surface area contributed by atoms with E-state index in [0.29, 0.717) is 21.3 Å². The molecule has 3 aromatic carbocycles. The lowest BCUT2D eigenvalue weighted by atomic mass is 10.1. The number of carbonyl (C=O) groups excluding carboxylic acids is 1. The van der Waals surface area contributed by atoms with E-state index in [9.17, 15) is 19.3 Å². The topological polar surface area (TPSA) is 93.8 Å². The van der Waals surface area contributed by atoms with Crippen molar-refractivity contribution in [2.24, 2.45) is 5.10 Å². The van der Waals surface area contributed by atoms with Crippen LogP contribution in [0.15, 0.2) is 76.3 Å². The van der Waals surface area contributed by atoms with Gasteiger partial charge in [-0.3, -0.25) is 14.9 Å². The second-order valence-electron chi connectivity index (χ2n) is 6.46. The normalized spacial score (nSPS) is 10.8. The number of hydrogen-bond acceptors (Lipinski definition) is 5. The Kier molecular flexibility index (Phi) is 7.45. The minimum absolute atomic E-state index is 0.109. The highest BCUT2D eigenvalue weighted by Gasteiger charge is 2.15. The molecule has 1 N–H and O–H groups in total. The number of hydrogen-bond donors (Lipinski definition) is 1. The highest BCUT2D eigenvalue weighted by molar-refractivity contribution is 9.10. The molecule has 0 atom stereocenters. The molecule has 31 heavy (non-hydrogen) atoms. The van der Waals surface area contributed by atoms with Crippen LogP contribution in [0, 0.1) is 15.9 Å². The van der Waals surface area contributed by atoms with Crippen LogP contribution in [0.2, 0.25) is 0 Å². The Bertz CT molecular complexity index is 1120. The van der Waals surface area contributed by atoms with E-state index in [1.165, 1.54) is 30.5 Å². The highest BCUT2D eigenvalue weighted by Crippen LogP contribution is 2.26. The van der Waals surface area contributed by atoms with Crippen molar-refractivity contribution in [1.82, 2.24) is 5.43 Å². The van der Waals surface area contributed by atoms with Crippen LogP contribution < -0.4 is 10.2 Å². The van der Waals surface area contributed by atoms with Crippen molar-refractivity contribution >= 4 is 33.7 Å². The fraction of sp³-hybridized carbons (Fsp3) is 0.0909. The number of rotatable bonds is 8. The minimum Gasteiger partial charge on any atom is -0.488 e. The lowest BCUT2D eigenvalue weighted by molar-refractivity contribution is -0.385. The number of carbonyl (C=O) groups is 1. The Labute approximate surface area is 185 Å². The van der Waals surface area contributed by atoms with Crippen LogP contribution >= 0.6 is 15.9 Å². The minimum atomic E-state index is -0.525. The maximum absolute atomic E-state index is 13.0. The molecule has 158 valence electrons. The number of halogens is 2. The first-order valence-corrected chi connectivity index (χ1v) is 9.92. The second kappa shape index (κ2) is 10.4. The Balaban J connectivity index is 1.55. The molecular weight excluding hydrogens is 469 g/mol. The van der Waals surface area contributed by atoms with Crippen molar-refractivity contribution in [2.45, 2.75) is 13.0 Å². The predicted molar refractivity (Wildman–Crippen MR) is 117 cm³/mol. The van der Waals surface area contributed by atoms with Crippen LogP contribution in [0.5, 0.6) is 5.75 Å². The van der Waals surface area contributed by atoms with Gasteiger partial charge in [-0.25, -0.2) is 9.82 Å². The second-order valence-corrected chi connectivity index (χ2v) is 7.32. The fourth-order valence-electron chi connectivity index (χ4n) is 2.69. The molecule has 3 aromatic rings. The Hall–Kier alpha value is -3.59. The van der Waals surface area contributed by atoms with Crippen LogP contribution in [0.3, 0.4) is 0 Å². The summed E-state index contributed by atoms with van der Waals surface area (Å²) in [6.45, 7) is 0.286. The van der Waals surface area contributed by atoms with Gasteiger partial charge in [-0.2, -0.15) is 5.10 Å². The average Bonchev–Trinajstić information content (AvgIpc) is 2.74. The Morgan fingerprint density at radius 1 is 1.16 bits per heavy atom. The third-order valence-corrected chi connectivity index (χ3v) is 4.83. The molecule has 7 nitrogen and oxygen atoms in total. The lowest BCUT2D eigenvalue weighted by Gasteiger charge is -2.09. The fourth-order valence-corrected chi connectivity index (χ4v) is 3.20. The van der Waals surface area contributed by atoms with Crippen LogP contribution in [-0.4, -0.2) is 17.0 Å². The third-order valence-electron chi connectivity index (χ3n) is 4.21. The van der Waals surface area contributed by atoms with Crippen LogP contribution in [-0.2, 0) is 17.8 Å². The quantitative estimate of drug-likeness (QED) is 0.282. The summed E-state index contributed by atoms with van der Waals surface area (Å²) in [6.07, 6.45) is 1.29. The Morgan fingerprint density at radius 3 is 2.61 bits per heavy atom. The zero-order chi connectivity index (χ0) is 22.2. The molecule has 0 aliphatic carbocycles. The summed E-state index contributed by atoms with van der Waals surface area (Å²) < 4.78 is 19.4. The van der Waals surface area contributed by atoms with E-state index < -0.39 is 10.8 Å². The van der Waals surface area contributed by atoms with E-state index in [0.717, 1.165) is 5.56 Å². The van der Waals surface area contributed by atoms with E-state index in [2.05, 4.69) is 26.5 Å². The largest absolute Gasteiger partial charge is 0.488 e. The summed E-state index contributed by atoms with van der Waals surface area (Å²) in [4.78, 5) is 22.5. The highest BCUT2D eigenvalue weighted by atomic mass is 79.9. The zero-order valence-corrected chi connectivity index (χ0v) is 17.7. The molecule has 0 unspecified atom stereocenters. The van der Waals surface area contributed by atoms with E-state index in [1.807, 2.05) is 0 Å². The molecule has 0 aliphatic rings. The molecule has 0 fully saturated rings. The van der Waals surface area contributed by atoms with E-state index >= 15 is 0 Å². The van der Waals surface area contributed by atoms with Gasteiger partial charge in [-0.05, 0) is 57.4 Å². The number of nitro benzene ring substituents is 1. The van der Waals surface area contributed by atoms with Gasteiger partial charge in [0.1, 0.15) is 18.2 Å². The SMILES string of the molecule is O=C(Cc1ccccc1[N+](=O)[O-])N/N=C/c1ccc(OCc2ccc(F)cc2)c(Br)c1. The number of nitro groups is 1. The summed E-state index contributed by atoms with van der Waals surface area (Å²) in [5.74, 6) is -0.173. The third kappa shape index (κ3) is 6.45. The smallest absolute Gasteiger partial charge is 0.273 e. The molecule has 0 heterocycles. The maximum Gasteiger partial charge on any atom is 0.273 e. The van der Waals surface area contributed by atoms with E-state index in [4.69, 9.17) is 4.74 Å². The van der Waals surface area contributed by atoms with Crippen molar-refractivity contribution in [2.75, 3.05) is 0 Å². The molecule has 0 aliphatic heterocycles. The summed E-state index contributed by atoms with van der Waals surface area (Å²) in [6, 6.07) is 17.4. The van der Waals surface area contributed by atoms with Crippen LogP contribution in [0.1, 0.15) is 16.7 Å². The molecule has 0 bridgehead atoms. The first-order valence-electron chi connectivity index (χ1n) is 9.13. The molecule has 0 spiro atoms. The number of nitrogens with zero attached hydrogens (tertiary/aromatic N) is 2. The first kappa shape index (κ1) is 22.1. The molecule has 1 amide bonds. The van der Waals surface area contributed by atoms with Gasteiger partial charge in [0.2, 0.25) is 5.91 Å². The van der Waals surface area contributed by atoms with Gasteiger partial charge in [0.25, 0.3) is 5.69 Å². The van der Waals surface area contributed by atoms with Crippen molar-refractivity contribution in [1.29, 1.82) is 0 Å². The number of hydrazone groups is 1. The van der Waals surface area contributed by atoms with E-state index in [1.54, 1.807) is 42.5 Å². The van der Waals surface area contributed by atoms with Gasteiger partial charge in [0.15, 0.2) is 0 Å². The Morgan fingerprint density at radius 2 is 1.90 bits per heavy atom. The van der Waals surface area contributed by atoms with Crippen molar-refractivity contribution < 1.29 is 18.8 Å². The number of benzene rings is 3. The van der Waals surface area contributed by atoms with Crippen molar-refractivity contribution in [3.63, 3.8) is 0 Å². The molecule has 0 radical (unpaired) electrons. The number of para-hydroxylation sites is 1. The molecule has 0 aromatic heterocycles. The zero-order valence-electron chi connectivity index (χ0n) is 16.1. The first-order chi connectivity index (χ1) is 14.9. The lowest BCUT2D eigenvalue weighted by Crippen LogP contribution is -2.20. The van der Waals surface area contributed by atoms with Gasteiger partial charge in [0, 0.05) is 11.6 Å². The summed E-state index contributed by atoms with van der Waals surface area (Å²) in [5, 5.41) is 14.9. The van der Waals surface area contributed by atoms with Gasteiger partial charge in [-0.1, -0.05) is 30.3 Å². The van der Waals surface area contributed by atoms with Gasteiger partial charge >= 0.3 is 0 Å².